The van der Waals surface area contributed by atoms with Gasteiger partial charge in [-0.05, 0) is 52.2 Å². The minimum absolute atomic E-state index is 0.113. The fourth-order valence-corrected chi connectivity index (χ4v) is 2.79. The van der Waals surface area contributed by atoms with Gasteiger partial charge in [-0.15, -0.1) is 0 Å². The summed E-state index contributed by atoms with van der Waals surface area (Å²) < 4.78 is 5.80. The molecule has 2 aliphatic heterocycles. The Morgan fingerprint density at radius 1 is 1.38 bits per heavy atom. The first-order chi connectivity index (χ1) is 7.72. The van der Waals surface area contributed by atoms with E-state index in [1.54, 1.807) is 0 Å². The molecular formula is C13H26N2O. The second kappa shape index (κ2) is 5.48. The zero-order chi connectivity index (χ0) is 11.4. The molecule has 1 atom stereocenters. The van der Waals surface area contributed by atoms with Crippen molar-refractivity contribution >= 4 is 0 Å². The first-order valence-corrected chi connectivity index (χ1v) is 6.81. The van der Waals surface area contributed by atoms with E-state index in [-0.39, 0.29) is 5.60 Å². The molecule has 0 aromatic carbocycles. The normalized spacial score (nSPS) is 33.4. The molecule has 1 N–H and O–H groups in total. The number of likely N-dealkylation sites (tertiary alicyclic amines) is 1. The van der Waals surface area contributed by atoms with E-state index in [0.717, 1.165) is 13.2 Å². The number of piperidine rings is 1. The maximum absolute atomic E-state index is 5.80. The summed E-state index contributed by atoms with van der Waals surface area (Å²) >= 11 is 0. The van der Waals surface area contributed by atoms with E-state index in [9.17, 15) is 0 Å². The number of ether oxygens (including phenoxy) is 1. The van der Waals surface area contributed by atoms with Crippen molar-refractivity contribution in [1.29, 1.82) is 0 Å². The molecule has 2 saturated heterocycles. The van der Waals surface area contributed by atoms with Crippen molar-refractivity contribution in [2.45, 2.75) is 51.2 Å². The molecule has 1 unspecified atom stereocenters. The average molecular weight is 226 g/mol. The molecule has 2 fully saturated rings. The van der Waals surface area contributed by atoms with Gasteiger partial charge in [0.05, 0.1) is 5.60 Å². The number of hydrogen-bond donors (Lipinski definition) is 1. The van der Waals surface area contributed by atoms with Gasteiger partial charge in [0.2, 0.25) is 0 Å². The van der Waals surface area contributed by atoms with Crippen LogP contribution in [0.5, 0.6) is 0 Å². The highest BCUT2D eigenvalue weighted by atomic mass is 16.5. The molecule has 0 spiro atoms. The van der Waals surface area contributed by atoms with Gasteiger partial charge in [-0.3, -0.25) is 0 Å². The molecule has 0 amide bonds. The summed E-state index contributed by atoms with van der Waals surface area (Å²) in [6, 6.07) is 0.712. The van der Waals surface area contributed by atoms with Crippen LogP contribution in [0.25, 0.3) is 0 Å². The minimum atomic E-state index is 0.113. The monoisotopic (exact) mass is 226 g/mol. The number of hydrogen-bond acceptors (Lipinski definition) is 3. The molecule has 2 rings (SSSR count). The summed E-state index contributed by atoms with van der Waals surface area (Å²) in [6.07, 6.45) is 5.04. The topological polar surface area (TPSA) is 24.5 Å². The van der Waals surface area contributed by atoms with Crippen LogP contribution in [0.15, 0.2) is 0 Å². The largest absolute Gasteiger partial charge is 0.374 e. The predicted molar refractivity (Wildman–Crippen MR) is 66.7 cm³/mol. The van der Waals surface area contributed by atoms with E-state index in [1.165, 1.54) is 45.3 Å². The first kappa shape index (κ1) is 12.3. The predicted octanol–water partition coefficient (Wildman–Crippen LogP) is 1.63. The van der Waals surface area contributed by atoms with Gasteiger partial charge < -0.3 is 15.0 Å². The molecule has 0 bridgehead atoms. The van der Waals surface area contributed by atoms with Gasteiger partial charge in [0.25, 0.3) is 0 Å². The van der Waals surface area contributed by atoms with E-state index in [4.69, 9.17) is 4.74 Å². The molecule has 0 radical (unpaired) electrons. The maximum atomic E-state index is 5.80. The van der Waals surface area contributed by atoms with Crippen molar-refractivity contribution in [3.05, 3.63) is 0 Å². The molecule has 94 valence electrons. The summed E-state index contributed by atoms with van der Waals surface area (Å²) in [5, 5.41) is 3.70. The zero-order valence-electron chi connectivity index (χ0n) is 10.8. The summed E-state index contributed by atoms with van der Waals surface area (Å²) in [4.78, 5) is 2.53. The summed E-state index contributed by atoms with van der Waals surface area (Å²) in [7, 11) is 0. The highest BCUT2D eigenvalue weighted by Gasteiger charge is 2.30. The van der Waals surface area contributed by atoms with E-state index < -0.39 is 0 Å². The molecule has 2 heterocycles. The van der Waals surface area contributed by atoms with Crippen LogP contribution in [-0.4, -0.2) is 49.3 Å². The van der Waals surface area contributed by atoms with Crippen LogP contribution in [-0.2, 0) is 4.74 Å². The molecule has 3 nitrogen and oxygen atoms in total. The Morgan fingerprint density at radius 3 is 2.69 bits per heavy atom. The molecule has 0 aromatic heterocycles. The van der Waals surface area contributed by atoms with Gasteiger partial charge >= 0.3 is 0 Å². The van der Waals surface area contributed by atoms with Crippen molar-refractivity contribution in [3.8, 4) is 0 Å². The van der Waals surface area contributed by atoms with Crippen LogP contribution in [0.4, 0.5) is 0 Å². The van der Waals surface area contributed by atoms with Crippen LogP contribution in [0, 0.1) is 0 Å². The average Bonchev–Trinajstić information content (AvgIpc) is 2.75. The van der Waals surface area contributed by atoms with E-state index in [2.05, 4.69) is 24.1 Å². The van der Waals surface area contributed by atoms with E-state index in [1.807, 2.05) is 0 Å². The quantitative estimate of drug-likeness (QED) is 0.788. The van der Waals surface area contributed by atoms with Gasteiger partial charge in [-0.1, -0.05) is 6.92 Å². The van der Waals surface area contributed by atoms with Crippen molar-refractivity contribution in [1.82, 2.24) is 10.2 Å². The number of nitrogens with zero attached hydrogens (tertiary/aromatic N) is 1. The molecule has 0 aliphatic carbocycles. The van der Waals surface area contributed by atoms with Gasteiger partial charge in [0.15, 0.2) is 0 Å². The van der Waals surface area contributed by atoms with Gasteiger partial charge in [0.1, 0.15) is 0 Å². The van der Waals surface area contributed by atoms with E-state index in [0.29, 0.717) is 6.04 Å². The summed E-state index contributed by atoms with van der Waals surface area (Å²) in [6.45, 7) is 10.2. The molecule has 3 heteroatoms. The van der Waals surface area contributed by atoms with Crippen molar-refractivity contribution in [2.75, 3.05) is 32.8 Å². The van der Waals surface area contributed by atoms with Crippen LogP contribution < -0.4 is 5.32 Å². The van der Waals surface area contributed by atoms with Crippen molar-refractivity contribution in [3.63, 3.8) is 0 Å². The molecule has 2 aliphatic rings. The molecule has 0 saturated carbocycles. The lowest BCUT2D eigenvalue weighted by atomic mass is 10.00. The SMILES string of the molecule is CCN1CCC(NCC2(C)CCCO2)CC1. The fourth-order valence-electron chi connectivity index (χ4n) is 2.79. The van der Waals surface area contributed by atoms with Crippen LogP contribution in [0.2, 0.25) is 0 Å². The fraction of sp³-hybridized carbons (Fsp3) is 1.00. The third-order valence-corrected chi connectivity index (χ3v) is 4.10. The molecule has 0 aromatic rings. The van der Waals surface area contributed by atoms with Gasteiger partial charge in [-0.25, -0.2) is 0 Å². The Kier molecular flexibility index (Phi) is 4.22. The van der Waals surface area contributed by atoms with Crippen LogP contribution >= 0.6 is 0 Å². The lowest BCUT2D eigenvalue weighted by molar-refractivity contribution is 0.0168. The highest BCUT2D eigenvalue weighted by Crippen LogP contribution is 2.24. The summed E-state index contributed by atoms with van der Waals surface area (Å²) in [5.41, 5.74) is 0.113. The highest BCUT2D eigenvalue weighted by molar-refractivity contribution is 4.85. The first-order valence-electron chi connectivity index (χ1n) is 6.81. The Hall–Kier alpha value is -0.120. The van der Waals surface area contributed by atoms with Crippen molar-refractivity contribution in [2.24, 2.45) is 0 Å². The standard InChI is InChI=1S/C13H26N2O/c1-3-15-8-5-12(6-9-15)14-11-13(2)7-4-10-16-13/h12,14H,3-11H2,1-2H3. The molecule has 16 heavy (non-hydrogen) atoms. The van der Waals surface area contributed by atoms with E-state index >= 15 is 0 Å². The zero-order valence-corrected chi connectivity index (χ0v) is 10.8. The van der Waals surface area contributed by atoms with Gasteiger partial charge in [-0.2, -0.15) is 0 Å². The minimum Gasteiger partial charge on any atom is -0.374 e. The Balaban J connectivity index is 1.67. The van der Waals surface area contributed by atoms with Gasteiger partial charge in [0, 0.05) is 19.2 Å². The van der Waals surface area contributed by atoms with Crippen LogP contribution in [0.3, 0.4) is 0 Å². The van der Waals surface area contributed by atoms with Crippen LogP contribution in [0.1, 0.15) is 39.5 Å². The third-order valence-electron chi connectivity index (χ3n) is 4.10. The summed E-state index contributed by atoms with van der Waals surface area (Å²) in [5.74, 6) is 0. The Morgan fingerprint density at radius 2 is 2.12 bits per heavy atom. The lowest BCUT2D eigenvalue weighted by Crippen LogP contribution is -2.47. The number of rotatable bonds is 4. The maximum Gasteiger partial charge on any atom is 0.0779 e. The lowest BCUT2D eigenvalue weighted by Gasteiger charge is -2.33. The number of nitrogens with one attached hydrogen (secondary N) is 1. The molecular weight excluding hydrogens is 200 g/mol. The van der Waals surface area contributed by atoms with Crippen molar-refractivity contribution < 1.29 is 4.74 Å². The second-order valence-corrected chi connectivity index (χ2v) is 5.49. The Labute approximate surface area is 99.5 Å². The second-order valence-electron chi connectivity index (χ2n) is 5.49. The third kappa shape index (κ3) is 3.19. The smallest absolute Gasteiger partial charge is 0.0779 e. The Bertz CT molecular complexity index is 206.